The Balaban J connectivity index is 1.59. The van der Waals surface area contributed by atoms with Crippen LogP contribution in [0, 0.1) is 6.92 Å². The molecule has 4 N–H and O–H groups in total. The molecule has 2 heterocycles. The maximum absolute atomic E-state index is 12.4. The van der Waals surface area contributed by atoms with Crippen LogP contribution in [0.4, 0.5) is 16.8 Å². The van der Waals surface area contributed by atoms with Gasteiger partial charge in [-0.1, -0.05) is 23.1 Å². The van der Waals surface area contributed by atoms with Crippen LogP contribution in [0.3, 0.4) is 0 Å². The first-order valence-corrected chi connectivity index (χ1v) is 11.0. The van der Waals surface area contributed by atoms with Crippen molar-refractivity contribution in [3.63, 3.8) is 0 Å². The quantitative estimate of drug-likeness (QED) is 0.469. The number of nitrogens with one attached hydrogen (secondary N) is 2. The van der Waals surface area contributed by atoms with E-state index in [1.54, 1.807) is 13.0 Å². The molecular formula is C15H15N7O3S3. The molecule has 0 atom stereocenters. The van der Waals surface area contributed by atoms with Gasteiger partial charge < -0.3 is 11.1 Å². The van der Waals surface area contributed by atoms with Gasteiger partial charge in [-0.25, -0.2) is 23.1 Å². The first kappa shape index (κ1) is 20.0. The zero-order valence-corrected chi connectivity index (χ0v) is 16.9. The van der Waals surface area contributed by atoms with E-state index < -0.39 is 10.0 Å². The highest BCUT2D eigenvalue weighted by Crippen LogP contribution is 2.23. The monoisotopic (exact) mass is 437 g/mol. The fraction of sp³-hybridized carbons (Fsp3) is 0.133. The second-order valence-electron chi connectivity index (χ2n) is 5.39. The van der Waals surface area contributed by atoms with Gasteiger partial charge in [0.05, 0.1) is 10.6 Å². The number of aromatic nitrogens is 4. The van der Waals surface area contributed by atoms with Gasteiger partial charge in [-0.3, -0.25) is 4.79 Å². The SMILES string of the molecule is Cc1ccnc(NS(=O)(=O)c2ccc(NC(=O)CSc3nnc(N)s3)cc2)n1. The lowest BCUT2D eigenvalue weighted by Crippen LogP contribution is -2.16. The molecular weight excluding hydrogens is 422 g/mol. The van der Waals surface area contributed by atoms with Gasteiger partial charge in [-0.2, -0.15) is 0 Å². The van der Waals surface area contributed by atoms with Gasteiger partial charge in [0.15, 0.2) is 4.34 Å². The molecule has 0 saturated heterocycles. The number of hydrogen-bond donors (Lipinski definition) is 3. The third kappa shape index (κ3) is 5.37. The Bertz CT molecular complexity index is 1080. The van der Waals surface area contributed by atoms with E-state index in [1.165, 1.54) is 53.6 Å². The highest BCUT2D eigenvalue weighted by atomic mass is 32.2. The Kier molecular flexibility index (Phi) is 6.06. The number of sulfonamides is 1. The smallest absolute Gasteiger partial charge is 0.264 e. The average Bonchev–Trinajstić information content (AvgIpc) is 3.05. The van der Waals surface area contributed by atoms with Crippen LogP contribution in [0.25, 0.3) is 0 Å². The Morgan fingerprint density at radius 2 is 1.96 bits per heavy atom. The van der Waals surface area contributed by atoms with Gasteiger partial charge in [-0.05, 0) is 37.3 Å². The molecule has 1 amide bonds. The molecule has 0 fully saturated rings. The standard InChI is InChI=1S/C15H15N7O3S3/c1-9-6-7-17-14(18-9)22-28(24,25)11-4-2-10(3-5-11)19-12(23)8-26-15-21-20-13(16)27-15/h2-7H,8H2,1H3,(H2,16,20)(H,19,23)(H,17,18,22). The maximum Gasteiger partial charge on any atom is 0.264 e. The summed E-state index contributed by atoms with van der Waals surface area (Å²) in [5, 5.41) is 10.5. The fourth-order valence-corrected chi connectivity index (χ4v) is 4.38. The maximum atomic E-state index is 12.4. The zero-order chi connectivity index (χ0) is 20.1. The van der Waals surface area contributed by atoms with E-state index >= 15 is 0 Å². The van der Waals surface area contributed by atoms with Crippen molar-refractivity contribution in [3.05, 3.63) is 42.2 Å². The molecule has 10 nitrogen and oxygen atoms in total. The average molecular weight is 438 g/mol. The van der Waals surface area contributed by atoms with Crippen molar-refractivity contribution in [2.24, 2.45) is 0 Å². The Hall–Kier alpha value is -2.77. The molecule has 0 aliphatic rings. The number of aryl methyl sites for hydroxylation is 1. The number of thioether (sulfide) groups is 1. The molecule has 13 heteroatoms. The summed E-state index contributed by atoms with van der Waals surface area (Å²) in [4.78, 5) is 19.9. The fourth-order valence-electron chi connectivity index (χ4n) is 2.00. The highest BCUT2D eigenvalue weighted by molar-refractivity contribution is 8.01. The number of hydrogen-bond acceptors (Lipinski definition) is 10. The number of rotatable bonds is 7. The lowest BCUT2D eigenvalue weighted by Gasteiger charge is -2.08. The summed E-state index contributed by atoms with van der Waals surface area (Å²) in [6.45, 7) is 1.73. The number of carbonyl (C=O) groups excluding carboxylic acids is 1. The lowest BCUT2D eigenvalue weighted by molar-refractivity contribution is -0.113. The van der Waals surface area contributed by atoms with Crippen molar-refractivity contribution in [1.29, 1.82) is 0 Å². The summed E-state index contributed by atoms with van der Waals surface area (Å²) < 4.78 is 27.7. The van der Waals surface area contributed by atoms with E-state index in [-0.39, 0.29) is 22.5 Å². The summed E-state index contributed by atoms with van der Waals surface area (Å²) in [5.74, 6) is -0.145. The summed E-state index contributed by atoms with van der Waals surface area (Å²) in [6, 6.07) is 7.42. The molecule has 3 rings (SSSR count). The predicted molar refractivity (Wildman–Crippen MR) is 108 cm³/mol. The third-order valence-corrected chi connectivity index (χ3v) is 6.45. The van der Waals surface area contributed by atoms with Crippen molar-refractivity contribution in [2.45, 2.75) is 16.2 Å². The minimum Gasteiger partial charge on any atom is -0.374 e. The third-order valence-electron chi connectivity index (χ3n) is 3.22. The van der Waals surface area contributed by atoms with Crippen molar-refractivity contribution in [2.75, 3.05) is 21.5 Å². The van der Waals surface area contributed by atoms with Gasteiger partial charge in [0.1, 0.15) is 0 Å². The van der Waals surface area contributed by atoms with Crippen molar-refractivity contribution < 1.29 is 13.2 Å². The summed E-state index contributed by atoms with van der Waals surface area (Å²) in [6.07, 6.45) is 1.47. The van der Waals surface area contributed by atoms with Gasteiger partial charge in [0, 0.05) is 17.6 Å². The lowest BCUT2D eigenvalue weighted by atomic mass is 10.3. The molecule has 146 valence electrons. The van der Waals surface area contributed by atoms with E-state index in [1.807, 2.05) is 0 Å². The van der Waals surface area contributed by atoms with Crippen LogP contribution < -0.4 is 15.8 Å². The van der Waals surface area contributed by atoms with Crippen LogP contribution in [-0.2, 0) is 14.8 Å². The number of nitrogens with two attached hydrogens (primary N) is 1. The Labute approximate surface area is 169 Å². The molecule has 2 aromatic heterocycles. The molecule has 0 unspecified atom stereocenters. The van der Waals surface area contributed by atoms with Crippen molar-refractivity contribution in [3.8, 4) is 0 Å². The van der Waals surface area contributed by atoms with E-state index in [0.29, 0.717) is 20.9 Å². The van der Waals surface area contributed by atoms with E-state index in [2.05, 4.69) is 30.2 Å². The molecule has 0 radical (unpaired) electrons. The molecule has 0 saturated carbocycles. The van der Waals surface area contributed by atoms with E-state index in [0.717, 1.165) is 0 Å². The number of anilines is 3. The van der Waals surface area contributed by atoms with Crippen LogP contribution in [0.2, 0.25) is 0 Å². The van der Waals surface area contributed by atoms with Crippen LogP contribution in [0.15, 0.2) is 45.8 Å². The van der Waals surface area contributed by atoms with Crippen molar-refractivity contribution >= 4 is 55.8 Å². The minimum atomic E-state index is -3.84. The largest absolute Gasteiger partial charge is 0.374 e. The zero-order valence-electron chi connectivity index (χ0n) is 14.5. The van der Waals surface area contributed by atoms with Gasteiger partial charge in [0.2, 0.25) is 17.0 Å². The second-order valence-corrected chi connectivity index (χ2v) is 9.31. The number of nitrogen functional groups attached to an aromatic ring is 1. The number of amides is 1. The molecule has 0 spiro atoms. The van der Waals surface area contributed by atoms with Crippen LogP contribution in [0.1, 0.15) is 5.69 Å². The Morgan fingerprint density at radius 3 is 2.61 bits per heavy atom. The van der Waals surface area contributed by atoms with Gasteiger partial charge in [0.25, 0.3) is 10.0 Å². The number of carbonyl (C=O) groups is 1. The molecule has 3 aromatic rings. The normalized spacial score (nSPS) is 11.2. The van der Waals surface area contributed by atoms with Crippen LogP contribution >= 0.6 is 23.1 Å². The molecule has 0 aliphatic heterocycles. The van der Waals surface area contributed by atoms with E-state index in [9.17, 15) is 13.2 Å². The summed E-state index contributed by atoms with van der Waals surface area (Å²) in [7, 11) is -3.84. The number of nitrogens with zero attached hydrogens (tertiary/aromatic N) is 4. The molecule has 28 heavy (non-hydrogen) atoms. The first-order valence-electron chi connectivity index (χ1n) is 7.76. The molecule has 0 bridgehead atoms. The highest BCUT2D eigenvalue weighted by Gasteiger charge is 2.16. The summed E-state index contributed by atoms with van der Waals surface area (Å²) >= 11 is 2.41. The van der Waals surface area contributed by atoms with Gasteiger partial charge >= 0.3 is 0 Å². The minimum absolute atomic E-state index is 0.00767. The second kappa shape index (κ2) is 8.50. The van der Waals surface area contributed by atoms with Crippen molar-refractivity contribution in [1.82, 2.24) is 20.2 Å². The topological polar surface area (TPSA) is 153 Å². The number of benzene rings is 1. The summed E-state index contributed by atoms with van der Waals surface area (Å²) in [5.41, 5.74) is 6.59. The van der Waals surface area contributed by atoms with E-state index in [4.69, 9.17) is 5.73 Å². The first-order chi connectivity index (χ1) is 13.3. The van der Waals surface area contributed by atoms with Crippen LogP contribution in [-0.4, -0.2) is 40.2 Å². The predicted octanol–water partition coefficient (Wildman–Crippen LogP) is 1.75. The Morgan fingerprint density at radius 1 is 1.21 bits per heavy atom. The van der Waals surface area contributed by atoms with Gasteiger partial charge in [-0.15, -0.1) is 10.2 Å². The molecule has 0 aliphatic carbocycles. The van der Waals surface area contributed by atoms with Crippen LogP contribution in [0.5, 0.6) is 0 Å². The molecule has 1 aromatic carbocycles.